The highest BCUT2D eigenvalue weighted by Gasteiger charge is 2.16. The Bertz CT molecular complexity index is 619. The smallest absolute Gasteiger partial charge is 0.137 e. The van der Waals surface area contributed by atoms with Crippen molar-refractivity contribution < 1.29 is 4.39 Å². The van der Waals surface area contributed by atoms with E-state index in [-0.39, 0.29) is 11.9 Å². The molecule has 0 saturated carbocycles. The second kappa shape index (κ2) is 7.33. The van der Waals surface area contributed by atoms with Gasteiger partial charge in [0, 0.05) is 14.1 Å². The summed E-state index contributed by atoms with van der Waals surface area (Å²) in [5, 5.41) is 3.30. The summed E-state index contributed by atoms with van der Waals surface area (Å²) in [4.78, 5) is 0. The minimum absolute atomic E-state index is 0.122. The number of rotatable bonds is 4. The Balaban J connectivity index is 2.34. The lowest BCUT2D eigenvalue weighted by Gasteiger charge is -2.19. The molecule has 2 aromatic rings. The lowest BCUT2D eigenvalue weighted by atomic mass is 9.99. The van der Waals surface area contributed by atoms with E-state index in [9.17, 15) is 4.39 Å². The van der Waals surface area contributed by atoms with Crippen molar-refractivity contribution in [2.24, 2.45) is 0 Å². The Morgan fingerprint density at radius 3 is 2.70 bits per heavy atom. The molecule has 0 heterocycles. The van der Waals surface area contributed by atoms with Gasteiger partial charge in [-0.3, -0.25) is 0 Å². The van der Waals surface area contributed by atoms with Crippen molar-refractivity contribution in [2.45, 2.75) is 12.5 Å². The number of nitrogens with one attached hydrogen (secondary N) is 1. The fourth-order valence-corrected chi connectivity index (χ4v) is 3.54. The molecule has 5 heteroatoms. The number of halogens is 4. The van der Waals surface area contributed by atoms with E-state index in [4.69, 9.17) is 0 Å². The minimum atomic E-state index is -0.223. The predicted molar refractivity (Wildman–Crippen MR) is 96.5 cm³/mol. The van der Waals surface area contributed by atoms with Crippen LogP contribution < -0.4 is 5.32 Å². The molecule has 0 aliphatic rings. The van der Waals surface area contributed by atoms with Crippen LogP contribution in [-0.4, -0.2) is 7.05 Å². The van der Waals surface area contributed by atoms with Crippen molar-refractivity contribution in [3.05, 3.63) is 65.9 Å². The van der Waals surface area contributed by atoms with Crippen LogP contribution in [0.1, 0.15) is 17.2 Å². The fraction of sp³-hybridized carbons (Fsp3) is 0.200. The molecule has 0 spiro atoms. The largest absolute Gasteiger partial charge is 0.313 e. The van der Waals surface area contributed by atoms with E-state index in [2.05, 4.69) is 71.9 Å². The van der Waals surface area contributed by atoms with E-state index < -0.39 is 0 Å². The van der Waals surface area contributed by atoms with Gasteiger partial charge in [-0.25, -0.2) is 4.39 Å². The van der Waals surface area contributed by atoms with E-state index in [1.54, 1.807) is 6.07 Å². The minimum Gasteiger partial charge on any atom is -0.313 e. The first-order valence-electron chi connectivity index (χ1n) is 6.08. The van der Waals surface area contributed by atoms with Gasteiger partial charge in [-0.1, -0.05) is 28.1 Å². The van der Waals surface area contributed by atoms with Gasteiger partial charge in [0.1, 0.15) is 5.82 Å². The van der Waals surface area contributed by atoms with Crippen LogP contribution in [0.3, 0.4) is 0 Å². The predicted octanol–water partition coefficient (Wildman–Crippen LogP) is 5.46. The van der Waals surface area contributed by atoms with E-state index in [0.717, 1.165) is 10.0 Å². The number of benzene rings is 2. The summed E-state index contributed by atoms with van der Waals surface area (Å²) in [6, 6.07) is 11.5. The lowest BCUT2D eigenvalue weighted by Crippen LogP contribution is -2.19. The summed E-state index contributed by atoms with van der Waals surface area (Å²) in [6.45, 7) is 0. The first kappa shape index (κ1) is 16.4. The van der Waals surface area contributed by atoms with E-state index in [0.29, 0.717) is 10.9 Å². The van der Waals surface area contributed by atoms with Gasteiger partial charge in [-0.15, -0.1) is 0 Å². The third-order valence-electron chi connectivity index (χ3n) is 3.14. The van der Waals surface area contributed by atoms with Gasteiger partial charge in [-0.2, -0.15) is 0 Å². The van der Waals surface area contributed by atoms with Crippen molar-refractivity contribution in [3.8, 4) is 0 Å². The van der Waals surface area contributed by atoms with Gasteiger partial charge < -0.3 is 5.32 Å². The maximum atomic E-state index is 13.6. The van der Waals surface area contributed by atoms with Gasteiger partial charge in [-0.05, 0) is 87.4 Å². The van der Waals surface area contributed by atoms with Gasteiger partial charge in [0.15, 0.2) is 0 Å². The van der Waals surface area contributed by atoms with Crippen molar-refractivity contribution in [3.63, 3.8) is 0 Å². The normalized spacial score (nSPS) is 12.4. The molecular weight excluding hydrogens is 500 g/mol. The molecule has 1 atom stereocenters. The Morgan fingerprint density at radius 2 is 2.00 bits per heavy atom. The molecule has 0 radical (unpaired) electrons. The van der Waals surface area contributed by atoms with Crippen LogP contribution in [0.25, 0.3) is 0 Å². The average molecular weight is 513 g/mol. The molecule has 0 saturated heterocycles. The summed E-state index contributed by atoms with van der Waals surface area (Å²) in [7, 11) is 1.92. The highest BCUT2D eigenvalue weighted by atomic mass is 127. The molecule has 1 unspecified atom stereocenters. The number of likely N-dealkylation sites (N-methyl/N-ethyl adjacent to an activating group) is 1. The van der Waals surface area contributed by atoms with Crippen molar-refractivity contribution in [1.82, 2.24) is 5.32 Å². The molecule has 0 fully saturated rings. The van der Waals surface area contributed by atoms with Crippen LogP contribution in [0.15, 0.2) is 45.3 Å². The van der Waals surface area contributed by atoms with E-state index >= 15 is 0 Å². The molecule has 0 aliphatic carbocycles. The maximum Gasteiger partial charge on any atom is 0.137 e. The molecular formula is C15H13Br2FIN. The molecule has 106 valence electrons. The lowest BCUT2D eigenvalue weighted by molar-refractivity contribution is 0.578. The molecule has 2 rings (SSSR count). The van der Waals surface area contributed by atoms with Crippen LogP contribution in [-0.2, 0) is 6.42 Å². The summed E-state index contributed by atoms with van der Waals surface area (Å²) in [6.07, 6.45) is 0.716. The van der Waals surface area contributed by atoms with Crippen LogP contribution in [0.4, 0.5) is 4.39 Å². The zero-order valence-corrected chi connectivity index (χ0v) is 16.1. The Kier molecular flexibility index (Phi) is 6.01. The monoisotopic (exact) mass is 511 g/mol. The third-order valence-corrected chi connectivity index (χ3v) is 5.42. The van der Waals surface area contributed by atoms with Crippen molar-refractivity contribution >= 4 is 54.5 Å². The molecule has 0 bridgehead atoms. The summed E-state index contributed by atoms with van der Waals surface area (Å²) < 4.78 is 16.4. The molecule has 0 aliphatic heterocycles. The topological polar surface area (TPSA) is 12.0 Å². The quantitative estimate of drug-likeness (QED) is 0.537. The molecule has 1 N–H and O–H groups in total. The Hall–Kier alpha value is 0.0200. The third kappa shape index (κ3) is 3.81. The Morgan fingerprint density at radius 1 is 1.25 bits per heavy atom. The van der Waals surface area contributed by atoms with Gasteiger partial charge in [0.2, 0.25) is 0 Å². The van der Waals surface area contributed by atoms with Crippen LogP contribution in [0.2, 0.25) is 0 Å². The summed E-state index contributed by atoms with van der Waals surface area (Å²) >= 11 is 9.21. The van der Waals surface area contributed by atoms with E-state index in [1.807, 2.05) is 19.2 Å². The molecule has 20 heavy (non-hydrogen) atoms. The Labute approximate surface area is 148 Å². The maximum absolute atomic E-state index is 13.6. The van der Waals surface area contributed by atoms with Crippen LogP contribution in [0, 0.1) is 9.39 Å². The fourth-order valence-electron chi connectivity index (χ4n) is 2.08. The number of hydrogen-bond acceptors (Lipinski definition) is 1. The molecule has 1 nitrogen and oxygen atoms in total. The highest BCUT2D eigenvalue weighted by molar-refractivity contribution is 14.1. The summed E-state index contributed by atoms with van der Waals surface area (Å²) in [5.41, 5.74) is 2.13. The van der Waals surface area contributed by atoms with Crippen LogP contribution in [0.5, 0.6) is 0 Å². The molecule has 2 aromatic carbocycles. The van der Waals surface area contributed by atoms with E-state index in [1.165, 1.54) is 15.2 Å². The summed E-state index contributed by atoms with van der Waals surface area (Å²) in [5.74, 6) is -0.223. The van der Waals surface area contributed by atoms with Gasteiger partial charge >= 0.3 is 0 Å². The van der Waals surface area contributed by atoms with Gasteiger partial charge in [0.25, 0.3) is 0 Å². The zero-order valence-electron chi connectivity index (χ0n) is 10.8. The standard InChI is InChI=1S/C15H13Br2FIN/c1-20-14(11-8-10(19)5-6-12(11)16)7-9-3-2-4-13(18)15(9)17/h2-6,8,14,20H,7H2,1H3. The molecule has 0 aromatic heterocycles. The van der Waals surface area contributed by atoms with Gasteiger partial charge in [0.05, 0.1) is 4.47 Å². The zero-order chi connectivity index (χ0) is 14.7. The van der Waals surface area contributed by atoms with Crippen molar-refractivity contribution in [2.75, 3.05) is 7.05 Å². The van der Waals surface area contributed by atoms with Crippen LogP contribution >= 0.6 is 54.5 Å². The first-order valence-corrected chi connectivity index (χ1v) is 8.74. The highest BCUT2D eigenvalue weighted by Crippen LogP contribution is 2.30. The second-order valence-electron chi connectivity index (χ2n) is 4.42. The van der Waals surface area contributed by atoms with Crippen molar-refractivity contribution in [1.29, 1.82) is 0 Å². The molecule has 0 amide bonds. The second-order valence-corrected chi connectivity index (χ2v) is 7.32. The average Bonchev–Trinajstić information content (AvgIpc) is 2.43. The number of hydrogen-bond donors (Lipinski definition) is 1. The first-order chi connectivity index (χ1) is 9.52. The SMILES string of the molecule is CNC(Cc1cccc(F)c1Br)c1cc(I)ccc1Br.